The van der Waals surface area contributed by atoms with Crippen LogP contribution in [0.3, 0.4) is 0 Å². The summed E-state index contributed by atoms with van der Waals surface area (Å²) in [6, 6.07) is 4.61. The minimum Gasteiger partial charge on any atom is -0.493 e. The molecule has 3 rings (SSSR count). The number of amides is 1. The van der Waals surface area contributed by atoms with E-state index in [0.717, 1.165) is 23.8 Å². The number of rotatable bonds is 5. The highest BCUT2D eigenvalue weighted by molar-refractivity contribution is 6.02. The molecule has 1 aliphatic rings. The molecule has 1 N–H and O–H groups in total. The standard InChI is InChI=1S/C20H18F3NO3/c1-3-26-18-8-13-6-11(2)27-19(13)7-12(18)4-5-20(25)24-17-10-15(22)14(21)9-16(17)23/h4-5,7-11H,3,6H2,1-2H3,(H,24,25). The van der Waals surface area contributed by atoms with Crippen LogP contribution >= 0.6 is 0 Å². The zero-order valence-electron chi connectivity index (χ0n) is 14.8. The van der Waals surface area contributed by atoms with E-state index in [0.29, 0.717) is 30.1 Å². The normalized spacial score (nSPS) is 15.5. The smallest absolute Gasteiger partial charge is 0.248 e. The zero-order valence-corrected chi connectivity index (χ0v) is 14.8. The third-order valence-electron chi connectivity index (χ3n) is 4.01. The molecule has 0 radical (unpaired) electrons. The van der Waals surface area contributed by atoms with Gasteiger partial charge < -0.3 is 14.8 Å². The summed E-state index contributed by atoms with van der Waals surface area (Å²) < 4.78 is 51.1. The molecule has 2 aromatic rings. The van der Waals surface area contributed by atoms with E-state index in [1.807, 2.05) is 19.9 Å². The Balaban J connectivity index is 1.80. The molecule has 2 aromatic carbocycles. The Kier molecular flexibility index (Phi) is 5.39. The minimum absolute atomic E-state index is 0.0633. The summed E-state index contributed by atoms with van der Waals surface area (Å²) in [5.41, 5.74) is 1.20. The van der Waals surface area contributed by atoms with Crippen molar-refractivity contribution in [3.05, 3.63) is 58.9 Å². The highest BCUT2D eigenvalue weighted by Gasteiger charge is 2.21. The Morgan fingerprint density at radius 3 is 2.70 bits per heavy atom. The van der Waals surface area contributed by atoms with E-state index >= 15 is 0 Å². The first-order valence-corrected chi connectivity index (χ1v) is 8.47. The summed E-state index contributed by atoms with van der Waals surface area (Å²) in [7, 11) is 0. The first-order valence-electron chi connectivity index (χ1n) is 8.47. The van der Waals surface area contributed by atoms with Crippen molar-refractivity contribution in [2.75, 3.05) is 11.9 Å². The number of fused-ring (bicyclic) bond motifs is 1. The van der Waals surface area contributed by atoms with Gasteiger partial charge in [-0.15, -0.1) is 0 Å². The van der Waals surface area contributed by atoms with Crippen molar-refractivity contribution >= 4 is 17.7 Å². The Morgan fingerprint density at radius 1 is 1.22 bits per heavy atom. The van der Waals surface area contributed by atoms with Gasteiger partial charge in [-0.1, -0.05) is 0 Å². The lowest BCUT2D eigenvalue weighted by Gasteiger charge is -2.10. The summed E-state index contributed by atoms with van der Waals surface area (Å²) in [4.78, 5) is 12.0. The second kappa shape index (κ2) is 7.73. The van der Waals surface area contributed by atoms with Gasteiger partial charge in [0.25, 0.3) is 0 Å². The van der Waals surface area contributed by atoms with Crippen LogP contribution in [0.25, 0.3) is 6.08 Å². The van der Waals surface area contributed by atoms with Crippen LogP contribution in [0.1, 0.15) is 25.0 Å². The van der Waals surface area contributed by atoms with Gasteiger partial charge >= 0.3 is 0 Å². The number of carbonyl (C=O) groups excluding carboxylic acids is 1. The van der Waals surface area contributed by atoms with Crippen molar-refractivity contribution in [3.63, 3.8) is 0 Å². The van der Waals surface area contributed by atoms with Crippen molar-refractivity contribution in [1.29, 1.82) is 0 Å². The molecular formula is C20H18F3NO3. The van der Waals surface area contributed by atoms with E-state index in [-0.39, 0.29) is 6.10 Å². The molecular weight excluding hydrogens is 359 g/mol. The predicted octanol–water partition coefficient (Wildman–Crippen LogP) is 4.48. The molecule has 0 fully saturated rings. The summed E-state index contributed by atoms with van der Waals surface area (Å²) in [5, 5.41) is 2.18. The molecule has 0 bridgehead atoms. The van der Waals surface area contributed by atoms with E-state index in [4.69, 9.17) is 9.47 Å². The van der Waals surface area contributed by atoms with E-state index in [9.17, 15) is 18.0 Å². The number of benzene rings is 2. The average molecular weight is 377 g/mol. The van der Waals surface area contributed by atoms with Gasteiger partial charge in [0.15, 0.2) is 11.6 Å². The summed E-state index contributed by atoms with van der Waals surface area (Å²) >= 11 is 0. The van der Waals surface area contributed by atoms with Gasteiger partial charge in [0.2, 0.25) is 5.91 Å². The van der Waals surface area contributed by atoms with Gasteiger partial charge in [-0.25, -0.2) is 13.2 Å². The fraction of sp³-hybridized carbons (Fsp3) is 0.250. The number of anilines is 1. The van der Waals surface area contributed by atoms with Crippen LogP contribution in [-0.4, -0.2) is 18.6 Å². The first-order chi connectivity index (χ1) is 12.9. The highest BCUT2D eigenvalue weighted by Crippen LogP contribution is 2.35. The molecule has 1 unspecified atom stereocenters. The topological polar surface area (TPSA) is 47.6 Å². The number of ether oxygens (including phenoxy) is 2. The summed E-state index contributed by atoms with van der Waals surface area (Å²) in [6.45, 7) is 4.25. The molecule has 0 aromatic heterocycles. The molecule has 142 valence electrons. The van der Waals surface area contributed by atoms with Crippen molar-refractivity contribution in [3.8, 4) is 11.5 Å². The van der Waals surface area contributed by atoms with Gasteiger partial charge in [-0.05, 0) is 32.1 Å². The number of carbonyl (C=O) groups is 1. The lowest BCUT2D eigenvalue weighted by molar-refractivity contribution is -0.111. The third kappa shape index (κ3) is 4.24. The van der Waals surface area contributed by atoms with Crippen LogP contribution in [0.4, 0.5) is 18.9 Å². The molecule has 1 aliphatic heterocycles. The van der Waals surface area contributed by atoms with Crippen LogP contribution in [0.5, 0.6) is 11.5 Å². The van der Waals surface area contributed by atoms with Gasteiger partial charge in [0, 0.05) is 35.8 Å². The lowest BCUT2D eigenvalue weighted by Crippen LogP contribution is -2.10. The molecule has 7 heteroatoms. The molecule has 27 heavy (non-hydrogen) atoms. The molecule has 1 heterocycles. The molecule has 0 saturated carbocycles. The van der Waals surface area contributed by atoms with Gasteiger partial charge in [0.05, 0.1) is 12.3 Å². The molecule has 1 atom stereocenters. The van der Waals surface area contributed by atoms with Gasteiger partial charge in [0.1, 0.15) is 23.4 Å². The maximum Gasteiger partial charge on any atom is 0.248 e. The summed E-state index contributed by atoms with van der Waals surface area (Å²) in [6.07, 6.45) is 3.48. The second-order valence-electron chi connectivity index (χ2n) is 6.13. The molecule has 1 amide bonds. The van der Waals surface area contributed by atoms with E-state index in [2.05, 4.69) is 5.32 Å². The highest BCUT2D eigenvalue weighted by atomic mass is 19.2. The third-order valence-corrected chi connectivity index (χ3v) is 4.01. The summed E-state index contributed by atoms with van der Waals surface area (Å²) in [5.74, 6) is -3.02. The number of hydrogen-bond donors (Lipinski definition) is 1. The average Bonchev–Trinajstić information content (AvgIpc) is 2.97. The van der Waals surface area contributed by atoms with Crippen LogP contribution in [0.15, 0.2) is 30.3 Å². The maximum atomic E-state index is 13.6. The maximum absolute atomic E-state index is 13.6. The quantitative estimate of drug-likeness (QED) is 0.617. The Bertz CT molecular complexity index is 912. The Hall–Kier alpha value is -2.96. The number of nitrogens with one attached hydrogen (secondary N) is 1. The van der Waals surface area contributed by atoms with Crippen LogP contribution < -0.4 is 14.8 Å². The Morgan fingerprint density at radius 2 is 1.96 bits per heavy atom. The van der Waals surface area contributed by atoms with Crippen molar-refractivity contribution in [1.82, 2.24) is 0 Å². The van der Waals surface area contributed by atoms with E-state index < -0.39 is 29.0 Å². The van der Waals surface area contributed by atoms with Gasteiger partial charge in [-0.3, -0.25) is 4.79 Å². The van der Waals surface area contributed by atoms with E-state index in [1.54, 1.807) is 6.07 Å². The zero-order chi connectivity index (χ0) is 19.6. The first kappa shape index (κ1) is 18.8. The number of halogens is 3. The molecule has 0 spiro atoms. The largest absolute Gasteiger partial charge is 0.493 e. The monoisotopic (exact) mass is 377 g/mol. The van der Waals surface area contributed by atoms with Crippen molar-refractivity contribution in [2.24, 2.45) is 0 Å². The van der Waals surface area contributed by atoms with Crippen LogP contribution in [0.2, 0.25) is 0 Å². The van der Waals surface area contributed by atoms with E-state index in [1.165, 1.54) is 6.08 Å². The Labute approximate surface area is 154 Å². The predicted molar refractivity (Wildman–Crippen MR) is 95.4 cm³/mol. The second-order valence-corrected chi connectivity index (χ2v) is 6.13. The lowest BCUT2D eigenvalue weighted by atomic mass is 10.1. The molecule has 0 aliphatic carbocycles. The minimum atomic E-state index is -1.32. The molecule has 4 nitrogen and oxygen atoms in total. The van der Waals surface area contributed by atoms with Gasteiger partial charge in [-0.2, -0.15) is 0 Å². The SMILES string of the molecule is CCOc1cc2c(cc1C=CC(=O)Nc1cc(F)c(F)cc1F)OC(C)C2. The fourth-order valence-electron chi connectivity index (χ4n) is 2.82. The fourth-order valence-corrected chi connectivity index (χ4v) is 2.82. The number of hydrogen-bond acceptors (Lipinski definition) is 3. The van der Waals surface area contributed by atoms with Crippen molar-refractivity contribution in [2.45, 2.75) is 26.4 Å². The molecule has 0 saturated heterocycles. The van der Waals surface area contributed by atoms with Crippen LogP contribution in [-0.2, 0) is 11.2 Å². The van der Waals surface area contributed by atoms with Crippen molar-refractivity contribution < 1.29 is 27.4 Å². The van der Waals surface area contributed by atoms with Crippen LogP contribution in [0, 0.1) is 17.5 Å².